The molecule has 0 aliphatic carbocycles. The van der Waals surface area contributed by atoms with Gasteiger partial charge in [-0.1, -0.05) is 36.4 Å². The van der Waals surface area contributed by atoms with Gasteiger partial charge in [0.05, 0.1) is 0 Å². The first-order chi connectivity index (χ1) is 16.5. The molecule has 0 aliphatic rings. The van der Waals surface area contributed by atoms with E-state index in [0.29, 0.717) is 17.6 Å². The van der Waals surface area contributed by atoms with Gasteiger partial charge in [0.2, 0.25) is 0 Å². The van der Waals surface area contributed by atoms with Crippen LogP contribution in [0.4, 0.5) is 0 Å². The Balaban J connectivity index is 0.00000129. The molecule has 34 heavy (non-hydrogen) atoms. The Hall–Kier alpha value is -3.34. The number of terminal acetylenes is 1. The zero-order valence-electron chi connectivity index (χ0n) is 19.2. The second-order valence-electron chi connectivity index (χ2n) is 6.98. The van der Waals surface area contributed by atoms with Crippen LogP contribution in [0.25, 0.3) is 10.8 Å². The number of nitrogens with two attached hydrogens (primary N) is 1. The van der Waals surface area contributed by atoms with Crippen LogP contribution in [-0.2, 0) is 11.2 Å². The van der Waals surface area contributed by atoms with Crippen LogP contribution in [0, 0.1) is 12.3 Å². The van der Waals surface area contributed by atoms with Crippen LogP contribution in [0.2, 0.25) is 0 Å². The van der Waals surface area contributed by atoms with Crippen molar-refractivity contribution in [1.29, 1.82) is 0 Å². The van der Waals surface area contributed by atoms with Gasteiger partial charge in [0.15, 0.2) is 0 Å². The zero-order valence-corrected chi connectivity index (χ0v) is 20.9. The van der Waals surface area contributed by atoms with Crippen LogP contribution in [0.3, 0.4) is 0 Å². The van der Waals surface area contributed by atoms with Gasteiger partial charge in [-0.05, 0) is 60.4 Å². The fourth-order valence-electron chi connectivity index (χ4n) is 2.98. The van der Waals surface area contributed by atoms with Crippen molar-refractivity contribution in [2.45, 2.75) is 20.3 Å². The highest BCUT2D eigenvalue weighted by Crippen LogP contribution is 2.21. The third-order valence-electron chi connectivity index (χ3n) is 4.40. The molecule has 0 saturated carbocycles. The number of H-pyrrole nitrogens is 1. The number of thioether (sulfide) groups is 2. The van der Waals surface area contributed by atoms with Crippen LogP contribution in [-0.4, -0.2) is 22.5 Å². The second kappa shape index (κ2) is 14.7. The number of allylic oxidation sites excluding steroid dienone is 1. The van der Waals surface area contributed by atoms with E-state index in [4.69, 9.17) is 10.5 Å². The van der Waals surface area contributed by atoms with E-state index in [9.17, 15) is 9.59 Å². The van der Waals surface area contributed by atoms with E-state index in [-0.39, 0.29) is 11.3 Å². The van der Waals surface area contributed by atoms with E-state index in [0.717, 1.165) is 28.0 Å². The lowest BCUT2D eigenvalue weighted by molar-refractivity contribution is -0.130. The number of hydrogen-bond acceptors (Lipinski definition) is 6. The van der Waals surface area contributed by atoms with Gasteiger partial charge in [0.25, 0.3) is 5.56 Å². The van der Waals surface area contributed by atoms with Crippen LogP contribution < -0.4 is 16.0 Å². The number of aromatic amines is 1. The maximum absolute atomic E-state index is 12.3. The van der Waals surface area contributed by atoms with Crippen molar-refractivity contribution in [2.75, 3.05) is 11.5 Å². The molecule has 1 aromatic heterocycles. The molecule has 3 rings (SSSR count). The topological polar surface area (TPSA) is 85.2 Å². The summed E-state index contributed by atoms with van der Waals surface area (Å²) in [5.74, 6) is 3.91. The first kappa shape index (κ1) is 26.9. The molecule has 0 saturated heterocycles. The molecule has 1 heterocycles. The SMILES string of the molecule is C#CC.C/C=C\SCCS/C=C(\N)C(=O)Oc1cccc(Cc2c[nH]c(=O)c3ccccc23)c1. The number of rotatable bonds is 9. The summed E-state index contributed by atoms with van der Waals surface area (Å²) in [5.41, 5.74) is 7.78. The lowest BCUT2D eigenvalue weighted by Gasteiger charge is -2.09. The summed E-state index contributed by atoms with van der Waals surface area (Å²) in [6, 6.07) is 14.8. The van der Waals surface area contributed by atoms with Crippen molar-refractivity contribution in [3.8, 4) is 18.1 Å². The van der Waals surface area contributed by atoms with Crippen molar-refractivity contribution in [1.82, 2.24) is 4.98 Å². The lowest BCUT2D eigenvalue weighted by Crippen LogP contribution is -2.17. The van der Waals surface area contributed by atoms with Crippen LogP contribution in [0.1, 0.15) is 25.0 Å². The lowest BCUT2D eigenvalue weighted by atomic mass is 10.0. The normalized spacial score (nSPS) is 11.0. The van der Waals surface area contributed by atoms with E-state index >= 15 is 0 Å². The fourth-order valence-corrected chi connectivity index (χ4v) is 4.47. The Bertz CT molecular complexity index is 1260. The van der Waals surface area contributed by atoms with Crippen LogP contribution in [0.5, 0.6) is 5.75 Å². The molecule has 3 N–H and O–H groups in total. The van der Waals surface area contributed by atoms with E-state index in [1.165, 1.54) is 11.8 Å². The molecule has 5 nitrogen and oxygen atoms in total. The highest BCUT2D eigenvalue weighted by molar-refractivity contribution is 8.05. The molecule has 0 radical (unpaired) electrons. The Morgan fingerprint density at radius 1 is 1.15 bits per heavy atom. The molecule has 0 spiro atoms. The molecule has 0 unspecified atom stereocenters. The molecule has 0 bridgehead atoms. The predicted octanol–water partition coefficient (Wildman–Crippen LogP) is 5.46. The van der Waals surface area contributed by atoms with E-state index < -0.39 is 5.97 Å². The quantitative estimate of drug-likeness (QED) is 0.136. The van der Waals surface area contributed by atoms with Gasteiger partial charge in [-0.3, -0.25) is 4.79 Å². The average Bonchev–Trinajstić information content (AvgIpc) is 2.84. The van der Waals surface area contributed by atoms with Gasteiger partial charge < -0.3 is 15.5 Å². The molecule has 7 heteroatoms. The van der Waals surface area contributed by atoms with Crippen LogP contribution in [0.15, 0.2) is 82.1 Å². The standard InChI is InChI=1S/C24H24N2O3S2.C3H4/c1-2-10-30-11-12-31-16-22(25)24(28)29-19-7-5-6-17(14-19)13-18-15-26-23(27)21-9-4-3-8-20(18)21;1-3-2/h2-10,14-16H,11-13,25H2,1H3,(H,26,27);1H,2H3/b10-2-,22-16-;. The molecule has 0 aliphatic heterocycles. The Labute approximate surface area is 208 Å². The minimum atomic E-state index is -0.569. The highest BCUT2D eigenvalue weighted by atomic mass is 32.2. The van der Waals surface area contributed by atoms with Crippen molar-refractivity contribution in [3.63, 3.8) is 0 Å². The van der Waals surface area contributed by atoms with Crippen molar-refractivity contribution in [3.05, 3.63) is 98.8 Å². The molecule has 3 aromatic rings. The van der Waals surface area contributed by atoms with Crippen molar-refractivity contribution in [2.24, 2.45) is 5.73 Å². The average molecular weight is 493 g/mol. The smallest absolute Gasteiger partial charge is 0.360 e. The number of fused-ring (bicyclic) bond motifs is 1. The van der Waals surface area contributed by atoms with E-state index in [1.807, 2.05) is 60.9 Å². The summed E-state index contributed by atoms with van der Waals surface area (Å²) >= 11 is 3.20. The molecule has 0 fully saturated rings. The van der Waals surface area contributed by atoms with Crippen LogP contribution >= 0.6 is 23.5 Å². The van der Waals surface area contributed by atoms with Gasteiger partial charge in [0.1, 0.15) is 11.4 Å². The molecular formula is C27H28N2O3S2. The van der Waals surface area contributed by atoms with Crippen molar-refractivity contribution < 1.29 is 9.53 Å². The number of hydrogen-bond donors (Lipinski definition) is 2. The molecule has 0 atom stereocenters. The number of esters is 1. The van der Waals surface area contributed by atoms with Gasteiger partial charge in [-0.25, -0.2) is 4.79 Å². The minimum absolute atomic E-state index is 0.0815. The number of aromatic nitrogens is 1. The van der Waals surface area contributed by atoms with Gasteiger partial charge in [0, 0.05) is 28.5 Å². The summed E-state index contributed by atoms with van der Waals surface area (Å²) in [6.07, 6.45) is 8.91. The van der Waals surface area contributed by atoms with Gasteiger partial charge >= 0.3 is 5.97 Å². The first-order valence-electron chi connectivity index (χ1n) is 10.6. The fraction of sp³-hybridized carbons (Fsp3) is 0.185. The highest BCUT2D eigenvalue weighted by Gasteiger charge is 2.10. The maximum Gasteiger partial charge on any atom is 0.360 e. The molecule has 2 aromatic carbocycles. The Morgan fingerprint density at radius 3 is 2.59 bits per heavy atom. The predicted molar refractivity (Wildman–Crippen MR) is 146 cm³/mol. The summed E-state index contributed by atoms with van der Waals surface area (Å²) < 4.78 is 5.44. The summed E-state index contributed by atoms with van der Waals surface area (Å²) in [4.78, 5) is 27.1. The number of nitrogens with one attached hydrogen (secondary N) is 1. The Morgan fingerprint density at radius 2 is 1.85 bits per heavy atom. The molecular weight excluding hydrogens is 464 g/mol. The summed E-state index contributed by atoms with van der Waals surface area (Å²) in [7, 11) is 0. The third-order valence-corrected chi connectivity index (χ3v) is 6.42. The molecule has 0 amide bonds. The number of ether oxygens (including phenoxy) is 1. The number of carbonyl (C=O) groups is 1. The Kier molecular flexibility index (Phi) is 11.7. The zero-order chi connectivity index (χ0) is 24.8. The van der Waals surface area contributed by atoms with Crippen molar-refractivity contribution >= 4 is 40.3 Å². The maximum atomic E-state index is 12.3. The van der Waals surface area contributed by atoms with E-state index in [1.54, 1.807) is 36.4 Å². The number of benzene rings is 2. The number of pyridine rings is 1. The van der Waals surface area contributed by atoms with Gasteiger partial charge in [-0.15, -0.1) is 35.9 Å². The third kappa shape index (κ3) is 8.54. The summed E-state index contributed by atoms with van der Waals surface area (Å²) in [5, 5.41) is 5.23. The minimum Gasteiger partial charge on any atom is -0.422 e. The van der Waals surface area contributed by atoms with Gasteiger partial charge in [-0.2, -0.15) is 0 Å². The van der Waals surface area contributed by atoms with E-state index in [2.05, 4.69) is 17.3 Å². The molecule has 176 valence electrons. The summed E-state index contributed by atoms with van der Waals surface area (Å²) in [6.45, 7) is 3.63. The number of carbonyl (C=O) groups excluding carboxylic acids is 1. The second-order valence-corrected chi connectivity index (χ2v) is 8.97. The first-order valence-corrected chi connectivity index (χ1v) is 12.7. The largest absolute Gasteiger partial charge is 0.422 e. The monoisotopic (exact) mass is 492 g/mol.